The van der Waals surface area contributed by atoms with E-state index < -0.39 is 0 Å². The average Bonchev–Trinajstić information content (AvgIpc) is 2.24. The summed E-state index contributed by atoms with van der Waals surface area (Å²) in [6.07, 6.45) is 3.42. The molecule has 82 valence electrons. The van der Waals surface area contributed by atoms with Crippen molar-refractivity contribution in [2.75, 3.05) is 0 Å². The van der Waals surface area contributed by atoms with E-state index in [-0.39, 0.29) is 12.4 Å². The Hall–Kier alpha value is -1.22. The number of pyridine rings is 1. The van der Waals surface area contributed by atoms with E-state index in [4.69, 9.17) is 5.11 Å². The van der Waals surface area contributed by atoms with Gasteiger partial charge in [-0.3, -0.25) is 4.98 Å². The number of carbonyl (C=O) groups is 1. The third-order valence-corrected chi connectivity index (χ3v) is 2.24. The van der Waals surface area contributed by atoms with Crippen molar-refractivity contribution in [2.45, 2.75) is 39.2 Å². The van der Waals surface area contributed by atoms with Gasteiger partial charge >= 0.3 is 0 Å². The first-order valence-corrected chi connectivity index (χ1v) is 5.27. The van der Waals surface area contributed by atoms with E-state index in [9.17, 15) is 4.79 Å². The van der Waals surface area contributed by atoms with Crippen molar-refractivity contribution in [3.63, 3.8) is 0 Å². The summed E-state index contributed by atoms with van der Waals surface area (Å²) >= 11 is 0. The van der Waals surface area contributed by atoms with Crippen LogP contribution in [-0.2, 0) is 17.8 Å². The molecule has 0 saturated carbocycles. The number of Topliss-reactive ketones (excluding diaryl/α,β-unsaturated/α-hetero) is 1. The van der Waals surface area contributed by atoms with Gasteiger partial charge < -0.3 is 9.90 Å². The van der Waals surface area contributed by atoms with E-state index in [1.807, 2.05) is 12.1 Å². The standard InChI is InChI=1S/C12H17NO2/c1-10(15)5-2-3-6-11-7-4-8-12(9-14)13-11/h4,7-8,14H,2-3,5-6,9H2,1H3. The highest BCUT2D eigenvalue weighted by molar-refractivity contribution is 5.75. The van der Waals surface area contributed by atoms with Crippen LogP contribution in [0.5, 0.6) is 0 Å². The Morgan fingerprint density at radius 1 is 1.33 bits per heavy atom. The highest BCUT2D eigenvalue weighted by atomic mass is 16.3. The van der Waals surface area contributed by atoms with Crippen molar-refractivity contribution in [1.29, 1.82) is 0 Å². The molecule has 1 N–H and O–H groups in total. The lowest BCUT2D eigenvalue weighted by Crippen LogP contribution is -1.96. The third kappa shape index (κ3) is 4.70. The SMILES string of the molecule is CC(=O)CCCCc1cccc(CO)n1. The molecule has 0 unspecified atom stereocenters. The molecule has 0 radical (unpaired) electrons. The molecule has 0 saturated heterocycles. The molecule has 1 aromatic rings. The Bertz CT molecular complexity index is 323. The van der Waals surface area contributed by atoms with Crippen LogP contribution in [0.2, 0.25) is 0 Å². The third-order valence-electron chi connectivity index (χ3n) is 2.24. The van der Waals surface area contributed by atoms with Gasteiger partial charge in [0.1, 0.15) is 5.78 Å². The van der Waals surface area contributed by atoms with E-state index in [1.165, 1.54) is 0 Å². The van der Waals surface area contributed by atoms with Crippen LogP contribution in [0.15, 0.2) is 18.2 Å². The molecule has 0 fully saturated rings. The molecule has 1 aromatic heterocycles. The summed E-state index contributed by atoms with van der Waals surface area (Å²) in [5, 5.41) is 8.90. The molecule has 0 aliphatic rings. The summed E-state index contributed by atoms with van der Waals surface area (Å²) in [6.45, 7) is 1.60. The topological polar surface area (TPSA) is 50.2 Å². The number of aliphatic hydroxyl groups excluding tert-OH is 1. The monoisotopic (exact) mass is 207 g/mol. The molecule has 0 amide bonds. The van der Waals surface area contributed by atoms with E-state index >= 15 is 0 Å². The molecule has 0 bridgehead atoms. The van der Waals surface area contributed by atoms with Gasteiger partial charge in [-0.2, -0.15) is 0 Å². The highest BCUT2D eigenvalue weighted by Crippen LogP contribution is 2.06. The zero-order chi connectivity index (χ0) is 11.1. The molecule has 1 heterocycles. The number of aromatic nitrogens is 1. The second-order valence-corrected chi connectivity index (χ2v) is 3.69. The number of aryl methyl sites for hydroxylation is 1. The zero-order valence-corrected chi connectivity index (χ0v) is 9.07. The van der Waals surface area contributed by atoms with Crippen molar-refractivity contribution >= 4 is 5.78 Å². The smallest absolute Gasteiger partial charge is 0.129 e. The molecule has 15 heavy (non-hydrogen) atoms. The van der Waals surface area contributed by atoms with Crippen LogP contribution in [0.4, 0.5) is 0 Å². The minimum absolute atomic E-state index is 0.0126. The maximum atomic E-state index is 10.7. The molecular formula is C12H17NO2. The Labute approximate surface area is 90.2 Å². The molecule has 0 spiro atoms. The summed E-state index contributed by atoms with van der Waals surface area (Å²) < 4.78 is 0. The first-order chi connectivity index (χ1) is 7.22. The van der Waals surface area contributed by atoms with Gasteiger partial charge in [-0.15, -0.1) is 0 Å². The highest BCUT2D eigenvalue weighted by Gasteiger charge is 1.98. The van der Waals surface area contributed by atoms with E-state index in [2.05, 4.69) is 4.98 Å². The van der Waals surface area contributed by atoms with Crippen LogP contribution < -0.4 is 0 Å². The lowest BCUT2D eigenvalue weighted by atomic mass is 10.1. The number of rotatable bonds is 6. The normalized spacial score (nSPS) is 10.3. The maximum Gasteiger partial charge on any atom is 0.129 e. The maximum absolute atomic E-state index is 10.7. The van der Waals surface area contributed by atoms with Gasteiger partial charge in [-0.05, 0) is 38.3 Å². The quantitative estimate of drug-likeness (QED) is 0.724. The largest absolute Gasteiger partial charge is 0.390 e. The molecule has 3 heteroatoms. The summed E-state index contributed by atoms with van der Waals surface area (Å²) in [4.78, 5) is 15.0. The molecular weight excluding hydrogens is 190 g/mol. The van der Waals surface area contributed by atoms with Crippen molar-refractivity contribution in [1.82, 2.24) is 4.98 Å². The van der Waals surface area contributed by atoms with Gasteiger partial charge in [0.2, 0.25) is 0 Å². The van der Waals surface area contributed by atoms with E-state index in [0.29, 0.717) is 12.1 Å². The minimum atomic E-state index is -0.0126. The fraction of sp³-hybridized carbons (Fsp3) is 0.500. The summed E-state index contributed by atoms with van der Waals surface area (Å²) in [5.41, 5.74) is 1.70. The van der Waals surface area contributed by atoms with Gasteiger partial charge in [-0.25, -0.2) is 0 Å². The number of ketones is 1. The second kappa shape index (κ2) is 6.30. The molecule has 0 aliphatic carbocycles. The van der Waals surface area contributed by atoms with Crippen LogP contribution in [0.1, 0.15) is 37.6 Å². The number of unbranched alkanes of at least 4 members (excludes halogenated alkanes) is 1. The van der Waals surface area contributed by atoms with Crippen LogP contribution in [-0.4, -0.2) is 15.9 Å². The average molecular weight is 207 g/mol. The molecule has 1 rings (SSSR count). The van der Waals surface area contributed by atoms with Gasteiger partial charge in [0.05, 0.1) is 12.3 Å². The first kappa shape index (κ1) is 11.9. The van der Waals surface area contributed by atoms with Crippen molar-refractivity contribution in [3.8, 4) is 0 Å². The molecule has 0 aromatic carbocycles. The molecule has 3 nitrogen and oxygen atoms in total. The Balaban J connectivity index is 2.33. The number of hydrogen-bond donors (Lipinski definition) is 1. The Morgan fingerprint density at radius 3 is 2.73 bits per heavy atom. The van der Waals surface area contributed by atoms with Crippen LogP contribution in [0.25, 0.3) is 0 Å². The number of nitrogens with zero attached hydrogens (tertiary/aromatic N) is 1. The lowest BCUT2D eigenvalue weighted by molar-refractivity contribution is -0.117. The van der Waals surface area contributed by atoms with Gasteiger partial charge in [0, 0.05) is 12.1 Å². The van der Waals surface area contributed by atoms with Crippen LogP contribution >= 0.6 is 0 Å². The lowest BCUT2D eigenvalue weighted by Gasteiger charge is -2.02. The number of carbonyl (C=O) groups excluding carboxylic acids is 1. The number of hydrogen-bond acceptors (Lipinski definition) is 3. The van der Waals surface area contributed by atoms with E-state index in [1.54, 1.807) is 13.0 Å². The van der Waals surface area contributed by atoms with E-state index in [0.717, 1.165) is 25.0 Å². The second-order valence-electron chi connectivity index (χ2n) is 3.69. The van der Waals surface area contributed by atoms with Crippen molar-refractivity contribution in [3.05, 3.63) is 29.6 Å². The van der Waals surface area contributed by atoms with Gasteiger partial charge in [0.25, 0.3) is 0 Å². The Morgan fingerprint density at radius 2 is 2.07 bits per heavy atom. The van der Waals surface area contributed by atoms with Crippen molar-refractivity contribution < 1.29 is 9.90 Å². The summed E-state index contributed by atoms with van der Waals surface area (Å²) in [6, 6.07) is 5.66. The Kier molecular flexibility index (Phi) is 4.98. The molecule has 0 atom stereocenters. The van der Waals surface area contributed by atoms with Crippen LogP contribution in [0, 0.1) is 0 Å². The van der Waals surface area contributed by atoms with Crippen LogP contribution in [0.3, 0.4) is 0 Å². The van der Waals surface area contributed by atoms with Gasteiger partial charge in [-0.1, -0.05) is 6.07 Å². The molecule has 0 aliphatic heterocycles. The number of aliphatic hydroxyl groups is 1. The first-order valence-electron chi connectivity index (χ1n) is 5.27. The fourth-order valence-corrected chi connectivity index (χ4v) is 1.44. The summed E-state index contributed by atoms with van der Waals surface area (Å²) in [5.74, 6) is 0.243. The summed E-state index contributed by atoms with van der Waals surface area (Å²) in [7, 11) is 0. The predicted octanol–water partition coefficient (Wildman–Crippen LogP) is 1.88. The van der Waals surface area contributed by atoms with Crippen molar-refractivity contribution in [2.24, 2.45) is 0 Å². The minimum Gasteiger partial charge on any atom is -0.390 e. The van der Waals surface area contributed by atoms with Gasteiger partial charge in [0.15, 0.2) is 0 Å². The zero-order valence-electron chi connectivity index (χ0n) is 9.07. The predicted molar refractivity (Wildman–Crippen MR) is 58.4 cm³/mol. The fourth-order valence-electron chi connectivity index (χ4n) is 1.44.